The highest BCUT2D eigenvalue weighted by atomic mass is 79.9. The molecule has 1 atom stereocenters. The number of nitrogens with one attached hydrogen (secondary N) is 2. The zero-order valence-electron chi connectivity index (χ0n) is 18.7. The van der Waals surface area contributed by atoms with E-state index in [4.69, 9.17) is 4.74 Å². The Balaban J connectivity index is 1.88. The molecule has 166 valence electrons. The number of carbonyl (C=O) groups is 2. The lowest BCUT2D eigenvalue weighted by molar-refractivity contribution is -0.118. The standard InChI is InChI=1S/C26H27BrN2O3/c1-15-22(25(31)29-17-8-6-5-7-9-17)23(18-12-16(27)10-11-21(18)32-4)24-19(28-15)13-26(2,3)14-20(24)30/h5-12,23,28H,13-14H2,1-4H3,(H,29,31)/t23-/m1/s1. The molecule has 1 aliphatic heterocycles. The Morgan fingerprint density at radius 3 is 2.56 bits per heavy atom. The molecule has 0 fully saturated rings. The molecule has 0 bridgehead atoms. The fraction of sp³-hybridized carbons (Fsp3) is 0.308. The van der Waals surface area contributed by atoms with Crippen molar-refractivity contribution < 1.29 is 14.3 Å². The lowest BCUT2D eigenvalue weighted by Gasteiger charge is -2.40. The Hall–Kier alpha value is -2.86. The van der Waals surface area contributed by atoms with Gasteiger partial charge in [-0.3, -0.25) is 9.59 Å². The molecule has 5 nitrogen and oxygen atoms in total. The number of hydrogen-bond donors (Lipinski definition) is 2. The average molecular weight is 495 g/mol. The van der Waals surface area contributed by atoms with Crippen molar-refractivity contribution in [3.8, 4) is 5.75 Å². The molecule has 0 saturated carbocycles. The van der Waals surface area contributed by atoms with Crippen molar-refractivity contribution >= 4 is 33.3 Å². The van der Waals surface area contributed by atoms with E-state index in [1.807, 2.05) is 55.5 Å². The summed E-state index contributed by atoms with van der Waals surface area (Å²) in [5.74, 6) is -0.0564. The molecule has 2 N–H and O–H groups in total. The number of carbonyl (C=O) groups excluding carboxylic acids is 2. The second-order valence-corrected chi connectivity index (χ2v) is 10.1. The molecule has 0 saturated heterocycles. The van der Waals surface area contributed by atoms with Crippen LogP contribution in [-0.4, -0.2) is 18.8 Å². The quantitative estimate of drug-likeness (QED) is 0.571. The van der Waals surface area contributed by atoms with Gasteiger partial charge in [0.15, 0.2) is 5.78 Å². The molecule has 4 rings (SSSR count). The summed E-state index contributed by atoms with van der Waals surface area (Å²) in [6.45, 7) is 6.09. The third-order valence-electron chi connectivity index (χ3n) is 6.02. The first kappa shape index (κ1) is 22.3. The molecular weight excluding hydrogens is 468 g/mol. The lowest BCUT2D eigenvalue weighted by atomic mass is 9.68. The van der Waals surface area contributed by atoms with E-state index >= 15 is 0 Å². The summed E-state index contributed by atoms with van der Waals surface area (Å²) in [7, 11) is 1.61. The van der Waals surface area contributed by atoms with Crippen LogP contribution in [0.1, 0.15) is 45.1 Å². The number of methoxy groups -OCH3 is 1. The van der Waals surface area contributed by atoms with Crippen molar-refractivity contribution in [3.63, 3.8) is 0 Å². The molecule has 2 aromatic carbocycles. The number of benzene rings is 2. The average Bonchev–Trinajstić information content (AvgIpc) is 2.72. The molecule has 0 unspecified atom stereocenters. The Kier molecular flexibility index (Phi) is 5.99. The van der Waals surface area contributed by atoms with Gasteiger partial charge in [0.1, 0.15) is 5.75 Å². The minimum atomic E-state index is -0.522. The maximum atomic E-state index is 13.6. The number of rotatable bonds is 4. The van der Waals surface area contributed by atoms with Crippen molar-refractivity contribution in [2.24, 2.45) is 5.41 Å². The smallest absolute Gasteiger partial charge is 0.254 e. The summed E-state index contributed by atoms with van der Waals surface area (Å²) < 4.78 is 6.52. The number of dihydropyridines is 1. The number of amides is 1. The van der Waals surface area contributed by atoms with Crippen molar-refractivity contribution in [1.29, 1.82) is 0 Å². The molecule has 1 amide bonds. The lowest BCUT2D eigenvalue weighted by Crippen LogP contribution is -2.39. The SMILES string of the molecule is COc1ccc(Br)cc1[C@@H]1C(C(=O)Nc2ccccc2)=C(C)NC2=C1C(=O)CC(C)(C)C2. The Bertz CT molecular complexity index is 1150. The summed E-state index contributed by atoms with van der Waals surface area (Å²) in [4.78, 5) is 27.0. The highest BCUT2D eigenvalue weighted by molar-refractivity contribution is 9.10. The molecule has 6 heteroatoms. The van der Waals surface area contributed by atoms with E-state index in [9.17, 15) is 9.59 Å². The molecule has 0 radical (unpaired) electrons. The molecule has 2 aromatic rings. The molecule has 0 spiro atoms. The van der Waals surface area contributed by atoms with E-state index in [2.05, 4.69) is 40.4 Å². The third-order valence-corrected chi connectivity index (χ3v) is 6.51. The minimum Gasteiger partial charge on any atom is -0.496 e. The third kappa shape index (κ3) is 4.24. The highest BCUT2D eigenvalue weighted by Gasteiger charge is 2.43. The summed E-state index contributed by atoms with van der Waals surface area (Å²) in [6, 6.07) is 15.0. The number of halogens is 1. The van der Waals surface area contributed by atoms with Gasteiger partial charge in [-0.15, -0.1) is 0 Å². The van der Waals surface area contributed by atoms with Crippen molar-refractivity contribution in [1.82, 2.24) is 5.32 Å². The number of allylic oxidation sites excluding steroid dienone is 3. The molecule has 1 aliphatic carbocycles. The van der Waals surface area contributed by atoms with Crippen LogP contribution >= 0.6 is 15.9 Å². The summed E-state index contributed by atoms with van der Waals surface area (Å²) >= 11 is 3.55. The first-order chi connectivity index (χ1) is 15.2. The van der Waals surface area contributed by atoms with E-state index in [1.165, 1.54) is 0 Å². The Morgan fingerprint density at radius 1 is 1.16 bits per heavy atom. The highest BCUT2D eigenvalue weighted by Crippen LogP contribution is 2.49. The van der Waals surface area contributed by atoms with E-state index in [1.54, 1.807) is 7.11 Å². The number of para-hydroxylation sites is 1. The van der Waals surface area contributed by atoms with E-state index < -0.39 is 5.92 Å². The van der Waals surface area contributed by atoms with Crippen molar-refractivity contribution in [2.75, 3.05) is 12.4 Å². The molecule has 32 heavy (non-hydrogen) atoms. The van der Waals surface area contributed by atoms with Gasteiger partial charge in [0.2, 0.25) is 0 Å². The number of hydrogen-bond acceptors (Lipinski definition) is 4. The number of anilines is 1. The van der Waals surface area contributed by atoms with Crippen LogP contribution in [0.3, 0.4) is 0 Å². The zero-order valence-corrected chi connectivity index (χ0v) is 20.3. The van der Waals surface area contributed by atoms with Gasteiger partial charge < -0.3 is 15.4 Å². The van der Waals surface area contributed by atoms with E-state index in [-0.39, 0.29) is 17.1 Å². The number of ether oxygens (including phenoxy) is 1. The van der Waals surface area contributed by atoms with Crippen LogP contribution in [0.15, 0.2) is 75.5 Å². The van der Waals surface area contributed by atoms with Gasteiger partial charge in [-0.1, -0.05) is 48.0 Å². The fourth-order valence-corrected chi connectivity index (χ4v) is 5.08. The number of ketones is 1. The van der Waals surface area contributed by atoms with E-state index in [0.29, 0.717) is 29.0 Å². The van der Waals surface area contributed by atoms with Crippen molar-refractivity contribution in [3.05, 3.63) is 81.1 Å². The van der Waals surface area contributed by atoms with Gasteiger partial charge in [-0.25, -0.2) is 0 Å². The van der Waals surface area contributed by atoms with Crippen LogP contribution in [0, 0.1) is 5.41 Å². The Morgan fingerprint density at radius 2 is 1.88 bits per heavy atom. The molecule has 2 aliphatic rings. The largest absolute Gasteiger partial charge is 0.496 e. The van der Waals surface area contributed by atoms with Crippen LogP contribution in [0.5, 0.6) is 5.75 Å². The summed E-state index contributed by atoms with van der Waals surface area (Å²) in [5.41, 5.74) is 4.18. The van der Waals surface area contributed by atoms with Gasteiger partial charge in [0, 0.05) is 44.7 Å². The van der Waals surface area contributed by atoms with Crippen LogP contribution < -0.4 is 15.4 Å². The van der Waals surface area contributed by atoms with Gasteiger partial charge in [0.05, 0.1) is 13.0 Å². The van der Waals surface area contributed by atoms with Crippen LogP contribution in [-0.2, 0) is 9.59 Å². The van der Waals surface area contributed by atoms with Crippen molar-refractivity contribution in [2.45, 2.75) is 39.5 Å². The van der Waals surface area contributed by atoms with Crippen LogP contribution in [0.4, 0.5) is 5.69 Å². The first-order valence-corrected chi connectivity index (χ1v) is 11.4. The first-order valence-electron chi connectivity index (χ1n) is 10.6. The van der Waals surface area contributed by atoms with Crippen LogP contribution in [0.2, 0.25) is 0 Å². The monoisotopic (exact) mass is 494 g/mol. The minimum absolute atomic E-state index is 0.0632. The number of Topliss-reactive ketones (excluding diaryl/α,β-unsaturated/α-hetero) is 1. The van der Waals surface area contributed by atoms with Gasteiger partial charge in [-0.05, 0) is 49.1 Å². The maximum Gasteiger partial charge on any atom is 0.254 e. The molecule has 0 aromatic heterocycles. The Labute approximate surface area is 197 Å². The maximum absolute atomic E-state index is 13.6. The predicted molar refractivity (Wildman–Crippen MR) is 129 cm³/mol. The summed E-state index contributed by atoms with van der Waals surface area (Å²) in [6.07, 6.45) is 1.18. The topological polar surface area (TPSA) is 67.4 Å². The fourth-order valence-electron chi connectivity index (χ4n) is 4.70. The van der Waals surface area contributed by atoms with E-state index in [0.717, 1.165) is 27.9 Å². The van der Waals surface area contributed by atoms with Crippen LogP contribution in [0.25, 0.3) is 0 Å². The predicted octanol–water partition coefficient (Wildman–Crippen LogP) is 5.70. The van der Waals surface area contributed by atoms with Gasteiger partial charge >= 0.3 is 0 Å². The normalized spacial score (nSPS) is 19.9. The second-order valence-electron chi connectivity index (χ2n) is 9.14. The van der Waals surface area contributed by atoms with Gasteiger partial charge in [-0.2, -0.15) is 0 Å². The molecule has 1 heterocycles. The second kappa shape index (κ2) is 8.58. The zero-order chi connectivity index (χ0) is 23.0. The summed E-state index contributed by atoms with van der Waals surface area (Å²) in [5, 5.41) is 6.40. The van der Waals surface area contributed by atoms with Gasteiger partial charge in [0.25, 0.3) is 5.91 Å². The molecular formula is C26H27BrN2O3.